The van der Waals surface area contributed by atoms with Gasteiger partial charge in [-0.1, -0.05) is 41.1 Å². The standard InChI is InChI=1S/C17H27BrN2O/c1-3-19-12-17(9-6-10-21-14-17)13-20(2)11-15-7-4-5-8-16(15)18/h4-5,7-8,19H,3,6,9-14H2,1-2H3. The topological polar surface area (TPSA) is 24.5 Å². The first-order valence-electron chi connectivity index (χ1n) is 7.86. The van der Waals surface area contributed by atoms with Crippen LogP contribution >= 0.6 is 15.9 Å². The average molecular weight is 355 g/mol. The summed E-state index contributed by atoms with van der Waals surface area (Å²) in [6.45, 7) is 8.07. The summed E-state index contributed by atoms with van der Waals surface area (Å²) in [5, 5.41) is 3.52. The third-order valence-electron chi connectivity index (χ3n) is 4.16. The number of nitrogens with one attached hydrogen (secondary N) is 1. The van der Waals surface area contributed by atoms with Crippen molar-refractivity contribution in [3.8, 4) is 0 Å². The van der Waals surface area contributed by atoms with E-state index >= 15 is 0 Å². The van der Waals surface area contributed by atoms with E-state index in [0.29, 0.717) is 0 Å². The van der Waals surface area contributed by atoms with E-state index in [9.17, 15) is 0 Å². The Labute approximate surface area is 137 Å². The van der Waals surface area contributed by atoms with E-state index in [1.54, 1.807) is 0 Å². The first-order valence-corrected chi connectivity index (χ1v) is 8.65. The van der Waals surface area contributed by atoms with Gasteiger partial charge in [-0.15, -0.1) is 0 Å². The molecule has 1 aliphatic rings. The molecule has 0 spiro atoms. The molecular weight excluding hydrogens is 328 g/mol. The zero-order chi connectivity index (χ0) is 15.1. The van der Waals surface area contributed by atoms with Gasteiger partial charge >= 0.3 is 0 Å². The lowest BCUT2D eigenvalue weighted by atomic mass is 9.81. The van der Waals surface area contributed by atoms with E-state index in [4.69, 9.17) is 4.74 Å². The molecule has 2 rings (SSSR count). The number of rotatable bonds is 7. The molecule has 1 N–H and O–H groups in total. The van der Waals surface area contributed by atoms with Crippen molar-refractivity contribution in [2.75, 3.05) is 39.9 Å². The van der Waals surface area contributed by atoms with Crippen molar-refractivity contribution in [1.82, 2.24) is 10.2 Å². The number of nitrogens with zero attached hydrogens (tertiary/aromatic N) is 1. The first kappa shape index (κ1) is 16.9. The van der Waals surface area contributed by atoms with Crippen molar-refractivity contribution in [2.24, 2.45) is 5.41 Å². The molecule has 1 heterocycles. The molecule has 118 valence electrons. The summed E-state index contributed by atoms with van der Waals surface area (Å²) in [5.41, 5.74) is 1.60. The zero-order valence-electron chi connectivity index (χ0n) is 13.2. The molecule has 0 radical (unpaired) electrons. The molecule has 1 aliphatic heterocycles. The lowest BCUT2D eigenvalue weighted by molar-refractivity contribution is -0.0235. The van der Waals surface area contributed by atoms with Gasteiger partial charge in [0.2, 0.25) is 0 Å². The maximum atomic E-state index is 5.78. The molecule has 0 aliphatic carbocycles. The maximum absolute atomic E-state index is 5.78. The monoisotopic (exact) mass is 354 g/mol. The van der Waals surface area contributed by atoms with Crippen LogP contribution in [0.15, 0.2) is 28.7 Å². The molecule has 1 saturated heterocycles. The predicted molar refractivity (Wildman–Crippen MR) is 91.5 cm³/mol. The molecule has 1 aromatic carbocycles. The largest absolute Gasteiger partial charge is 0.381 e. The molecule has 21 heavy (non-hydrogen) atoms. The highest BCUT2D eigenvalue weighted by molar-refractivity contribution is 9.10. The molecule has 1 unspecified atom stereocenters. The van der Waals surface area contributed by atoms with E-state index in [-0.39, 0.29) is 5.41 Å². The minimum Gasteiger partial charge on any atom is -0.381 e. The molecule has 0 bridgehead atoms. The van der Waals surface area contributed by atoms with Crippen molar-refractivity contribution < 1.29 is 4.74 Å². The van der Waals surface area contributed by atoms with Gasteiger partial charge in [-0.05, 0) is 38.1 Å². The van der Waals surface area contributed by atoms with Gasteiger partial charge in [-0.25, -0.2) is 0 Å². The van der Waals surface area contributed by atoms with Crippen molar-refractivity contribution in [1.29, 1.82) is 0 Å². The Morgan fingerprint density at radius 1 is 1.38 bits per heavy atom. The van der Waals surface area contributed by atoms with Crippen LogP contribution in [0, 0.1) is 5.41 Å². The zero-order valence-corrected chi connectivity index (χ0v) is 14.8. The van der Waals surface area contributed by atoms with Gasteiger partial charge in [-0.3, -0.25) is 0 Å². The van der Waals surface area contributed by atoms with E-state index in [1.165, 1.54) is 22.9 Å². The fraction of sp³-hybridized carbons (Fsp3) is 0.647. The summed E-state index contributed by atoms with van der Waals surface area (Å²) >= 11 is 3.64. The highest BCUT2D eigenvalue weighted by Gasteiger charge is 2.33. The predicted octanol–water partition coefficient (Wildman–Crippen LogP) is 3.29. The van der Waals surface area contributed by atoms with Gasteiger partial charge in [0, 0.05) is 36.1 Å². The van der Waals surface area contributed by atoms with Gasteiger partial charge in [0.15, 0.2) is 0 Å². The summed E-state index contributed by atoms with van der Waals surface area (Å²) in [7, 11) is 2.21. The molecule has 0 saturated carbocycles. The lowest BCUT2D eigenvalue weighted by Gasteiger charge is -2.40. The number of benzene rings is 1. The molecule has 0 aromatic heterocycles. The quantitative estimate of drug-likeness (QED) is 0.812. The van der Waals surface area contributed by atoms with E-state index in [1.807, 2.05) is 0 Å². The summed E-state index contributed by atoms with van der Waals surface area (Å²) in [4.78, 5) is 2.42. The summed E-state index contributed by atoms with van der Waals surface area (Å²) in [5.74, 6) is 0. The molecule has 4 heteroatoms. The maximum Gasteiger partial charge on any atom is 0.0546 e. The normalized spacial score (nSPS) is 22.7. The third-order valence-corrected chi connectivity index (χ3v) is 4.93. The minimum absolute atomic E-state index is 0.254. The molecule has 1 atom stereocenters. The third kappa shape index (κ3) is 5.06. The van der Waals surface area contributed by atoms with Crippen LogP contribution in [0.25, 0.3) is 0 Å². The average Bonchev–Trinajstić information content (AvgIpc) is 2.48. The van der Waals surface area contributed by atoms with Gasteiger partial charge in [0.25, 0.3) is 0 Å². The van der Waals surface area contributed by atoms with Crippen LogP contribution < -0.4 is 5.32 Å². The van der Waals surface area contributed by atoms with Crippen molar-refractivity contribution in [3.63, 3.8) is 0 Å². The Morgan fingerprint density at radius 2 is 2.19 bits per heavy atom. The minimum atomic E-state index is 0.254. The van der Waals surface area contributed by atoms with Crippen LogP contribution in [0.4, 0.5) is 0 Å². The second-order valence-corrected chi connectivity index (χ2v) is 7.05. The Bertz CT molecular complexity index is 433. The lowest BCUT2D eigenvalue weighted by Crippen LogP contribution is -2.48. The molecule has 3 nitrogen and oxygen atoms in total. The summed E-state index contributed by atoms with van der Waals surface area (Å²) < 4.78 is 6.97. The van der Waals surface area contributed by atoms with E-state index in [2.05, 4.69) is 64.4 Å². The van der Waals surface area contributed by atoms with Crippen molar-refractivity contribution >= 4 is 15.9 Å². The highest BCUT2D eigenvalue weighted by Crippen LogP contribution is 2.29. The Morgan fingerprint density at radius 3 is 2.86 bits per heavy atom. The molecule has 0 amide bonds. The number of halogens is 1. The van der Waals surface area contributed by atoms with Crippen LogP contribution in [-0.4, -0.2) is 44.8 Å². The summed E-state index contributed by atoms with van der Waals surface area (Å²) in [6, 6.07) is 8.47. The highest BCUT2D eigenvalue weighted by atomic mass is 79.9. The number of hydrogen-bond donors (Lipinski definition) is 1. The van der Waals surface area contributed by atoms with Crippen molar-refractivity contribution in [3.05, 3.63) is 34.3 Å². The van der Waals surface area contributed by atoms with Gasteiger partial charge < -0.3 is 15.0 Å². The fourth-order valence-corrected chi connectivity index (χ4v) is 3.58. The van der Waals surface area contributed by atoms with Gasteiger partial charge in [0.1, 0.15) is 0 Å². The second kappa shape index (κ2) is 8.28. The molecular formula is C17H27BrN2O. The van der Waals surface area contributed by atoms with Crippen LogP contribution in [0.1, 0.15) is 25.3 Å². The molecule has 1 aromatic rings. The smallest absolute Gasteiger partial charge is 0.0546 e. The number of hydrogen-bond acceptors (Lipinski definition) is 3. The SMILES string of the molecule is CCNCC1(CN(C)Cc2ccccc2Br)CCCOC1. The van der Waals surface area contributed by atoms with Crippen LogP contribution in [0.3, 0.4) is 0 Å². The van der Waals surface area contributed by atoms with Crippen LogP contribution in [0.2, 0.25) is 0 Å². The first-order chi connectivity index (χ1) is 10.2. The Balaban J connectivity index is 1.97. The Kier molecular flexibility index (Phi) is 6.68. The van der Waals surface area contributed by atoms with Crippen LogP contribution in [0.5, 0.6) is 0 Å². The number of ether oxygens (including phenoxy) is 1. The van der Waals surface area contributed by atoms with E-state index in [0.717, 1.165) is 39.4 Å². The van der Waals surface area contributed by atoms with Crippen molar-refractivity contribution in [2.45, 2.75) is 26.3 Å². The van der Waals surface area contributed by atoms with Gasteiger partial charge in [0.05, 0.1) is 6.61 Å². The van der Waals surface area contributed by atoms with Gasteiger partial charge in [-0.2, -0.15) is 0 Å². The fourth-order valence-electron chi connectivity index (χ4n) is 3.17. The second-order valence-electron chi connectivity index (χ2n) is 6.20. The van der Waals surface area contributed by atoms with E-state index < -0.39 is 0 Å². The van der Waals surface area contributed by atoms with Crippen LogP contribution in [-0.2, 0) is 11.3 Å². The summed E-state index contributed by atoms with van der Waals surface area (Å²) in [6.07, 6.45) is 2.43. The Hall–Kier alpha value is -0.420. The molecule has 1 fully saturated rings.